The van der Waals surface area contributed by atoms with E-state index in [0.717, 1.165) is 48.2 Å². The zero-order chi connectivity index (χ0) is 31.8. The lowest BCUT2D eigenvalue weighted by Gasteiger charge is -2.28. The summed E-state index contributed by atoms with van der Waals surface area (Å²) in [5.41, 5.74) is 5.83. The molecule has 4 heterocycles. The Morgan fingerprint density at radius 1 is 1.20 bits per heavy atom. The van der Waals surface area contributed by atoms with Crippen molar-refractivity contribution in [3.8, 4) is 5.75 Å². The summed E-state index contributed by atoms with van der Waals surface area (Å²) < 4.78 is 78.6. The number of hydrogen-bond acceptors (Lipinski definition) is 11. The summed E-state index contributed by atoms with van der Waals surface area (Å²) in [5.74, 6) is -2.21. The Labute approximate surface area is 255 Å². The highest BCUT2D eigenvalue weighted by Crippen LogP contribution is 2.35. The van der Waals surface area contributed by atoms with Crippen molar-refractivity contribution in [2.75, 3.05) is 30.3 Å². The molecule has 2 saturated heterocycles. The second-order valence-electron chi connectivity index (χ2n) is 10.8. The first kappa shape index (κ1) is 31.7. The van der Waals surface area contributed by atoms with Crippen LogP contribution in [0.1, 0.15) is 38.7 Å². The molecular weight excluding hydrogens is 625 g/mol. The Morgan fingerprint density at radius 3 is 2.61 bits per heavy atom. The lowest BCUT2D eigenvalue weighted by Crippen LogP contribution is -2.49. The van der Waals surface area contributed by atoms with E-state index in [-0.39, 0.29) is 33.9 Å². The van der Waals surface area contributed by atoms with Gasteiger partial charge in [0.05, 0.1) is 12.3 Å². The Kier molecular flexibility index (Phi) is 8.91. The predicted molar refractivity (Wildman–Crippen MR) is 156 cm³/mol. The number of esters is 1. The number of nitrogens with one attached hydrogen (secondary N) is 1. The molecule has 1 amide bonds. The van der Waals surface area contributed by atoms with E-state index < -0.39 is 58.6 Å². The van der Waals surface area contributed by atoms with E-state index in [1.165, 1.54) is 24.5 Å². The minimum atomic E-state index is -5.06. The zero-order valence-electron chi connectivity index (χ0n) is 23.8. The predicted octanol–water partition coefficient (Wildman–Crippen LogP) is 3.21. The fourth-order valence-corrected chi connectivity index (χ4v) is 7.70. The summed E-state index contributed by atoms with van der Waals surface area (Å²) in [5, 5.41) is 1.22. The highest BCUT2D eigenvalue weighted by Gasteiger charge is 2.43. The van der Waals surface area contributed by atoms with Crippen LogP contribution in [0.25, 0.3) is 10.8 Å². The molecule has 238 valence electrons. The molecule has 0 bridgehead atoms. The van der Waals surface area contributed by atoms with E-state index in [1.54, 1.807) is 13.8 Å². The average molecular weight is 657 g/mol. The molecule has 3 aromatic rings. The van der Waals surface area contributed by atoms with Gasteiger partial charge in [0, 0.05) is 37.6 Å². The van der Waals surface area contributed by atoms with Crippen LogP contribution in [0.2, 0.25) is 0 Å². The number of nitrogen functional groups attached to an aromatic ring is 1. The van der Waals surface area contributed by atoms with Gasteiger partial charge < -0.3 is 25.0 Å². The molecule has 0 spiro atoms. The Hall–Kier alpha value is -3.70. The number of halogens is 3. The third-order valence-corrected chi connectivity index (χ3v) is 10.3. The third-order valence-electron chi connectivity index (χ3n) is 7.27. The number of nitrogens with zero attached hydrogens (tertiary/aromatic N) is 4. The number of hydrogen-bond donors (Lipinski definition) is 2. The van der Waals surface area contributed by atoms with Crippen molar-refractivity contribution >= 4 is 55.0 Å². The second-order valence-corrected chi connectivity index (χ2v) is 13.7. The molecule has 0 saturated carbocycles. The molecule has 12 nitrogen and oxygen atoms in total. The van der Waals surface area contributed by atoms with E-state index in [1.807, 2.05) is 4.90 Å². The molecule has 5 rings (SSSR count). The van der Waals surface area contributed by atoms with Crippen molar-refractivity contribution in [1.29, 1.82) is 0 Å². The van der Waals surface area contributed by atoms with Gasteiger partial charge in [-0.3, -0.25) is 4.79 Å². The van der Waals surface area contributed by atoms with E-state index in [4.69, 9.17) is 10.5 Å². The van der Waals surface area contributed by atoms with Crippen molar-refractivity contribution in [3.05, 3.63) is 36.2 Å². The number of amides is 1. The van der Waals surface area contributed by atoms with Crippen LogP contribution in [0, 0.1) is 0 Å². The average Bonchev–Trinajstić information content (AvgIpc) is 3.69. The normalized spacial score (nSPS) is 18.4. The quantitative estimate of drug-likeness (QED) is 0.311. The summed E-state index contributed by atoms with van der Waals surface area (Å²) in [6.07, 6.45) is -1.45. The number of benzene rings is 1. The molecule has 44 heavy (non-hydrogen) atoms. The third kappa shape index (κ3) is 6.99. The summed E-state index contributed by atoms with van der Waals surface area (Å²) in [7, 11) is -4.14. The van der Waals surface area contributed by atoms with E-state index in [2.05, 4.69) is 19.4 Å². The number of aromatic nitrogens is 2. The van der Waals surface area contributed by atoms with Crippen LogP contribution in [0.15, 0.2) is 34.8 Å². The maximum atomic E-state index is 13.6. The number of carbonyl (C=O) groups is 2. The molecular formula is C27H31F3N6O6S2. The highest BCUT2D eigenvalue weighted by atomic mass is 32.2. The molecule has 0 aliphatic carbocycles. The van der Waals surface area contributed by atoms with Crippen molar-refractivity contribution in [3.63, 3.8) is 0 Å². The first-order valence-electron chi connectivity index (χ1n) is 13.9. The van der Waals surface area contributed by atoms with E-state index >= 15 is 0 Å². The molecule has 17 heteroatoms. The largest absolute Gasteiger partial charge is 0.573 e. The van der Waals surface area contributed by atoms with Gasteiger partial charge in [0.2, 0.25) is 5.91 Å². The number of alkyl halides is 3. The van der Waals surface area contributed by atoms with Crippen LogP contribution >= 0.6 is 11.3 Å². The van der Waals surface area contributed by atoms with Crippen molar-refractivity contribution in [2.45, 2.75) is 68.3 Å². The zero-order valence-corrected chi connectivity index (χ0v) is 25.5. The maximum absolute atomic E-state index is 13.6. The number of ether oxygens (including phenoxy) is 2. The minimum absolute atomic E-state index is 0.0184. The summed E-state index contributed by atoms with van der Waals surface area (Å²) in [6.45, 7) is 4.69. The van der Waals surface area contributed by atoms with Gasteiger partial charge >= 0.3 is 12.3 Å². The van der Waals surface area contributed by atoms with Gasteiger partial charge in [-0.1, -0.05) is 11.3 Å². The summed E-state index contributed by atoms with van der Waals surface area (Å²) in [4.78, 5) is 38.1. The number of likely N-dealkylation sites (tertiary alicyclic amines) is 1. The van der Waals surface area contributed by atoms with Crippen molar-refractivity contribution in [1.82, 2.24) is 19.6 Å². The molecule has 2 atom stereocenters. The number of anilines is 2. The van der Waals surface area contributed by atoms with E-state index in [0.29, 0.717) is 10.5 Å². The molecule has 0 radical (unpaired) electrons. The lowest BCUT2D eigenvalue weighted by atomic mass is 10.00. The second kappa shape index (κ2) is 12.4. The Balaban J connectivity index is 1.41. The smallest absolute Gasteiger partial charge is 0.461 e. The van der Waals surface area contributed by atoms with Crippen molar-refractivity contribution < 1.29 is 40.7 Å². The number of thiazole rings is 1. The topological polar surface area (TPSA) is 157 Å². The fourth-order valence-electron chi connectivity index (χ4n) is 5.29. The molecule has 3 N–H and O–H groups in total. The number of carbonyl (C=O) groups excluding carboxylic acids is 2. The minimum Gasteiger partial charge on any atom is -0.461 e. The van der Waals surface area contributed by atoms with Crippen LogP contribution in [-0.4, -0.2) is 79.3 Å². The SMILES string of the molecule is CC(C)OC(=O)C(Cc1cc2ccnc(N)c2cc1OC(F)(F)F)N1CCC(NS(=O)(=O)c2cnc(N3CCCC3)s2)C1=O. The molecule has 2 aliphatic heterocycles. The van der Waals surface area contributed by atoms with Gasteiger partial charge in [-0.25, -0.2) is 23.2 Å². The first-order chi connectivity index (χ1) is 20.7. The van der Waals surface area contributed by atoms with Gasteiger partial charge in [0.1, 0.15) is 23.7 Å². The fraction of sp³-hybridized carbons (Fsp3) is 0.481. The number of fused-ring (bicyclic) bond motifs is 1. The van der Waals surface area contributed by atoms with Crippen LogP contribution in [0.3, 0.4) is 0 Å². The first-order valence-corrected chi connectivity index (χ1v) is 16.2. The number of rotatable bonds is 10. The monoisotopic (exact) mass is 656 g/mol. The van der Waals surface area contributed by atoms with E-state index in [9.17, 15) is 31.2 Å². The van der Waals surface area contributed by atoms with Gasteiger partial charge in [-0.2, -0.15) is 4.72 Å². The number of pyridine rings is 1. The molecule has 1 aromatic carbocycles. The molecule has 2 aromatic heterocycles. The van der Waals surface area contributed by atoms with Gasteiger partial charge in [-0.15, -0.1) is 13.2 Å². The molecule has 2 unspecified atom stereocenters. The van der Waals surface area contributed by atoms with Crippen LogP contribution in [0.5, 0.6) is 5.75 Å². The van der Waals surface area contributed by atoms with Gasteiger partial charge in [0.25, 0.3) is 10.0 Å². The summed E-state index contributed by atoms with van der Waals surface area (Å²) >= 11 is 0.996. The molecule has 2 fully saturated rings. The van der Waals surface area contributed by atoms with Crippen LogP contribution in [-0.2, 0) is 30.8 Å². The molecule has 2 aliphatic rings. The highest BCUT2D eigenvalue weighted by molar-refractivity contribution is 7.91. The summed E-state index contributed by atoms with van der Waals surface area (Å²) in [6, 6.07) is 1.41. The lowest BCUT2D eigenvalue weighted by molar-refractivity contribution is -0.274. The number of sulfonamides is 1. The number of nitrogens with two attached hydrogens (primary N) is 1. The Bertz CT molecular complexity index is 1660. The van der Waals surface area contributed by atoms with Gasteiger partial charge in [0.15, 0.2) is 9.34 Å². The maximum Gasteiger partial charge on any atom is 0.573 e. The van der Waals surface area contributed by atoms with Crippen LogP contribution < -0.4 is 20.1 Å². The van der Waals surface area contributed by atoms with Gasteiger partial charge in [-0.05, 0) is 62.3 Å². The van der Waals surface area contributed by atoms with Crippen LogP contribution in [0.4, 0.5) is 24.1 Å². The standard InChI is InChI=1S/C27H31F3N6O6S2/c1-15(2)41-25(38)20(12-17-11-16-5-7-32-23(31)18(16)13-21(17)42-27(28,29)30)36-10-6-19(24(36)37)34-44(39,40)22-14-33-26(43-22)35-8-3-4-9-35/h5,7,11,13-15,19-20,34H,3-4,6,8-10,12H2,1-2H3,(H2,31,32). The van der Waals surface area contributed by atoms with Crippen molar-refractivity contribution in [2.24, 2.45) is 0 Å². The Morgan fingerprint density at radius 2 is 1.93 bits per heavy atom.